The van der Waals surface area contributed by atoms with Crippen LogP contribution >= 0.6 is 0 Å². The Morgan fingerprint density at radius 2 is 1.73 bits per heavy atom. The number of aromatic nitrogens is 1. The molecule has 3 rings (SSSR count). The summed E-state index contributed by atoms with van der Waals surface area (Å²) in [6.07, 6.45) is -2.98. The number of nitrogens with zero attached hydrogens (tertiary/aromatic N) is 2. The summed E-state index contributed by atoms with van der Waals surface area (Å²) < 4.78 is 41.2. The molecular weight excluding hydrogens is 297 g/mol. The molecule has 1 aromatic carbocycles. The van der Waals surface area contributed by atoms with E-state index in [4.69, 9.17) is 0 Å². The van der Waals surface area contributed by atoms with Crippen molar-refractivity contribution in [3.05, 3.63) is 70.4 Å². The monoisotopic (exact) mass is 306 g/mol. The largest absolute Gasteiger partial charge is 0.418 e. The molecule has 4 nitrogen and oxygen atoms in total. The summed E-state index contributed by atoms with van der Waals surface area (Å²) in [6.45, 7) is 0. The van der Waals surface area contributed by atoms with E-state index in [2.05, 4.69) is 0 Å². The van der Waals surface area contributed by atoms with Gasteiger partial charge in [0.25, 0.3) is 5.69 Å². The van der Waals surface area contributed by atoms with E-state index in [9.17, 15) is 23.3 Å². The highest BCUT2D eigenvalue weighted by atomic mass is 19.4. The summed E-state index contributed by atoms with van der Waals surface area (Å²) in [6, 6.07) is 10.9. The van der Waals surface area contributed by atoms with Gasteiger partial charge in [-0.25, -0.2) is 0 Å². The first-order valence-corrected chi connectivity index (χ1v) is 6.30. The summed E-state index contributed by atoms with van der Waals surface area (Å²) in [4.78, 5) is 10.1. The van der Waals surface area contributed by atoms with Crippen LogP contribution in [0.3, 0.4) is 0 Å². The van der Waals surface area contributed by atoms with Crippen molar-refractivity contribution in [2.75, 3.05) is 0 Å². The van der Waals surface area contributed by atoms with E-state index in [0.717, 1.165) is 6.07 Å². The number of hydrogen-bond donors (Lipinski definition) is 0. The fourth-order valence-electron chi connectivity index (χ4n) is 2.38. The maximum atomic E-state index is 13.3. The summed E-state index contributed by atoms with van der Waals surface area (Å²) in [5.41, 5.74) is -0.295. The first-order chi connectivity index (χ1) is 10.4. The fourth-order valence-corrected chi connectivity index (χ4v) is 2.38. The van der Waals surface area contributed by atoms with Gasteiger partial charge in [-0.3, -0.25) is 10.1 Å². The maximum absolute atomic E-state index is 13.3. The minimum Gasteiger partial charge on any atom is -0.316 e. The molecule has 0 radical (unpaired) electrons. The Kier molecular flexibility index (Phi) is 3.13. The number of nitro groups is 1. The minimum absolute atomic E-state index is 0.0296. The number of nitro benzene ring substituents is 1. The third kappa shape index (κ3) is 2.30. The lowest BCUT2D eigenvalue weighted by molar-refractivity contribution is -0.384. The van der Waals surface area contributed by atoms with E-state index in [0.29, 0.717) is 5.52 Å². The minimum atomic E-state index is -4.51. The second-order valence-electron chi connectivity index (χ2n) is 4.70. The Labute approximate surface area is 122 Å². The summed E-state index contributed by atoms with van der Waals surface area (Å²) in [7, 11) is 0. The van der Waals surface area contributed by atoms with Crippen LogP contribution in [0.25, 0.3) is 16.8 Å². The number of non-ortho nitro benzene ring substituents is 1. The molecule has 0 aliphatic heterocycles. The van der Waals surface area contributed by atoms with Crippen molar-refractivity contribution in [1.29, 1.82) is 0 Å². The smallest absolute Gasteiger partial charge is 0.316 e. The molecule has 0 saturated carbocycles. The zero-order valence-electron chi connectivity index (χ0n) is 11.0. The molecule has 0 saturated heterocycles. The highest BCUT2D eigenvalue weighted by Crippen LogP contribution is 2.39. The van der Waals surface area contributed by atoms with E-state index in [1.807, 2.05) is 0 Å². The van der Waals surface area contributed by atoms with Crippen LogP contribution in [0, 0.1) is 10.1 Å². The first-order valence-electron chi connectivity index (χ1n) is 6.30. The van der Waals surface area contributed by atoms with E-state index in [1.165, 1.54) is 34.9 Å². The van der Waals surface area contributed by atoms with Gasteiger partial charge in [0.05, 0.1) is 16.2 Å². The molecule has 0 spiro atoms. The molecule has 3 aromatic rings. The van der Waals surface area contributed by atoms with Crippen LogP contribution in [0.1, 0.15) is 5.56 Å². The van der Waals surface area contributed by atoms with Gasteiger partial charge in [0.1, 0.15) is 0 Å². The van der Waals surface area contributed by atoms with Crippen LogP contribution in [0.5, 0.6) is 0 Å². The molecular formula is C15H9F3N2O2. The molecule has 22 heavy (non-hydrogen) atoms. The van der Waals surface area contributed by atoms with Gasteiger partial charge in [-0.05, 0) is 35.9 Å². The number of rotatable bonds is 2. The molecule has 0 fully saturated rings. The van der Waals surface area contributed by atoms with Crippen LogP contribution in [-0.4, -0.2) is 9.32 Å². The summed E-state index contributed by atoms with van der Waals surface area (Å²) in [5, 5.41) is 10.7. The van der Waals surface area contributed by atoms with Gasteiger partial charge in [0, 0.05) is 23.8 Å². The number of pyridine rings is 1. The number of hydrogen-bond acceptors (Lipinski definition) is 2. The third-order valence-corrected chi connectivity index (χ3v) is 3.34. The van der Waals surface area contributed by atoms with Crippen LogP contribution < -0.4 is 0 Å². The van der Waals surface area contributed by atoms with Crippen molar-refractivity contribution < 1.29 is 18.1 Å². The standard InChI is InChI=1S/C15H9F3N2O2/c16-15(17,18)13-9-12-3-1-2-8-19(12)14(13)10-4-6-11(7-5-10)20(21)22/h1-9H. The number of alkyl halides is 3. The molecule has 2 aromatic heterocycles. The van der Waals surface area contributed by atoms with Crippen molar-refractivity contribution in [2.24, 2.45) is 0 Å². The van der Waals surface area contributed by atoms with Gasteiger partial charge in [-0.2, -0.15) is 13.2 Å². The molecule has 2 heterocycles. The topological polar surface area (TPSA) is 47.5 Å². The molecule has 0 atom stereocenters. The Balaban J connectivity index is 2.26. The molecule has 0 amide bonds. The van der Waals surface area contributed by atoms with Gasteiger partial charge >= 0.3 is 6.18 Å². The van der Waals surface area contributed by atoms with Gasteiger partial charge in [-0.1, -0.05) is 6.07 Å². The van der Waals surface area contributed by atoms with Crippen molar-refractivity contribution in [3.8, 4) is 11.3 Å². The van der Waals surface area contributed by atoms with E-state index in [-0.39, 0.29) is 16.9 Å². The zero-order valence-corrected chi connectivity index (χ0v) is 11.0. The molecule has 0 N–H and O–H groups in total. The average Bonchev–Trinajstić information content (AvgIpc) is 2.87. The van der Waals surface area contributed by atoms with Gasteiger partial charge in [0.2, 0.25) is 0 Å². The van der Waals surface area contributed by atoms with Crippen molar-refractivity contribution in [3.63, 3.8) is 0 Å². The van der Waals surface area contributed by atoms with Crippen molar-refractivity contribution >= 4 is 11.2 Å². The maximum Gasteiger partial charge on any atom is 0.418 e. The SMILES string of the molecule is O=[N+]([O-])c1ccc(-c2c(C(F)(F)F)cc3ccccn23)cc1. The van der Waals surface area contributed by atoms with Crippen LogP contribution in [0.15, 0.2) is 54.7 Å². The predicted octanol–water partition coefficient (Wildman–Crippen LogP) is 4.53. The third-order valence-electron chi connectivity index (χ3n) is 3.34. The summed E-state index contributed by atoms with van der Waals surface area (Å²) >= 11 is 0. The average molecular weight is 306 g/mol. The Hall–Kier alpha value is -2.83. The van der Waals surface area contributed by atoms with Gasteiger partial charge < -0.3 is 4.40 Å². The van der Waals surface area contributed by atoms with Crippen LogP contribution in [0.2, 0.25) is 0 Å². The predicted molar refractivity (Wildman–Crippen MR) is 74.5 cm³/mol. The molecule has 112 valence electrons. The van der Waals surface area contributed by atoms with Crippen LogP contribution in [-0.2, 0) is 6.18 Å². The quantitative estimate of drug-likeness (QED) is 0.515. The van der Waals surface area contributed by atoms with E-state index in [1.54, 1.807) is 18.2 Å². The molecule has 0 aliphatic rings. The number of benzene rings is 1. The first kappa shape index (κ1) is 14.1. The fraction of sp³-hybridized carbons (Fsp3) is 0.0667. The number of halogens is 3. The highest BCUT2D eigenvalue weighted by molar-refractivity contribution is 5.73. The lowest BCUT2D eigenvalue weighted by Crippen LogP contribution is -2.06. The van der Waals surface area contributed by atoms with E-state index >= 15 is 0 Å². The normalized spacial score (nSPS) is 11.8. The number of fused-ring (bicyclic) bond motifs is 1. The molecule has 0 unspecified atom stereocenters. The van der Waals surface area contributed by atoms with E-state index < -0.39 is 16.7 Å². The lowest BCUT2D eigenvalue weighted by atomic mass is 10.1. The lowest BCUT2D eigenvalue weighted by Gasteiger charge is -2.09. The highest BCUT2D eigenvalue weighted by Gasteiger charge is 2.36. The second-order valence-corrected chi connectivity index (χ2v) is 4.70. The van der Waals surface area contributed by atoms with Gasteiger partial charge in [0.15, 0.2) is 0 Å². The second kappa shape index (κ2) is 4.87. The Bertz CT molecular complexity index is 851. The molecule has 0 bridgehead atoms. The van der Waals surface area contributed by atoms with Gasteiger partial charge in [-0.15, -0.1) is 0 Å². The molecule has 7 heteroatoms. The van der Waals surface area contributed by atoms with Crippen LogP contribution in [0.4, 0.5) is 18.9 Å². The molecule has 0 aliphatic carbocycles. The zero-order chi connectivity index (χ0) is 15.9. The Morgan fingerprint density at radius 1 is 1.05 bits per heavy atom. The Morgan fingerprint density at radius 3 is 2.32 bits per heavy atom. The van der Waals surface area contributed by atoms with Crippen molar-refractivity contribution in [2.45, 2.75) is 6.18 Å². The summed E-state index contributed by atoms with van der Waals surface area (Å²) in [5.74, 6) is 0. The van der Waals surface area contributed by atoms with Crippen molar-refractivity contribution in [1.82, 2.24) is 4.40 Å².